The van der Waals surface area contributed by atoms with Crippen molar-refractivity contribution in [3.8, 4) is 0 Å². The molecule has 0 bridgehead atoms. The molecular formula is C22H31N3O4S2. The Hall–Kier alpha value is -1.97. The lowest BCUT2D eigenvalue weighted by atomic mass is 9.98. The molecule has 31 heavy (non-hydrogen) atoms. The molecule has 170 valence electrons. The first-order valence-electron chi connectivity index (χ1n) is 10.4. The van der Waals surface area contributed by atoms with Crippen molar-refractivity contribution in [1.82, 2.24) is 15.2 Å². The quantitative estimate of drug-likeness (QED) is 0.695. The number of piperidine rings is 1. The van der Waals surface area contributed by atoms with Crippen LogP contribution in [0.25, 0.3) is 0 Å². The minimum absolute atomic E-state index is 0.237. The van der Waals surface area contributed by atoms with Gasteiger partial charge in [-0.25, -0.2) is 18.2 Å². The number of amides is 1. The Kier molecular flexibility index (Phi) is 7.39. The predicted octanol–water partition coefficient (Wildman–Crippen LogP) is 3.95. The zero-order chi connectivity index (χ0) is 22.6. The van der Waals surface area contributed by atoms with E-state index < -0.39 is 15.4 Å². The summed E-state index contributed by atoms with van der Waals surface area (Å²) in [5.41, 5.74) is 1.56. The van der Waals surface area contributed by atoms with Crippen molar-refractivity contribution in [2.24, 2.45) is 0 Å². The highest BCUT2D eigenvalue weighted by Crippen LogP contribution is 2.31. The third-order valence-electron chi connectivity index (χ3n) is 5.05. The molecule has 1 fully saturated rings. The Morgan fingerprint density at radius 1 is 1.19 bits per heavy atom. The molecule has 7 nitrogen and oxygen atoms in total. The molecular weight excluding hydrogens is 434 g/mol. The average molecular weight is 466 g/mol. The van der Waals surface area contributed by atoms with Gasteiger partial charge in [0.1, 0.15) is 5.60 Å². The molecule has 0 aliphatic carbocycles. The van der Waals surface area contributed by atoms with Gasteiger partial charge >= 0.3 is 6.09 Å². The van der Waals surface area contributed by atoms with Crippen LogP contribution in [0.1, 0.15) is 55.8 Å². The monoisotopic (exact) mass is 465 g/mol. The molecule has 1 N–H and O–H groups in total. The van der Waals surface area contributed by atoms with Crippen LogP contribution in [-0.4, -0.2) is 49.3 Å². The van der Waals surface area contributed by atoms with Crippen LogP contribution in [-0.2, 0) is 27.7 Å². The van der Waals surface area contributed by atoms with E-state index in [1.165, 1.54) is 6.26 Å². The molecule has 1 aliphatic heterocycles. The first-order valence-corrected chi connectivity index (χ1v) is 13.2. The van der Waals surface area contributed by atoms with Crippen molar-refractivity contribution in [1.29, 1.82) is 0 Å². The molecule has 0 spiro atoms. The summed E-state index contributed by atoms with van der Waals surface area (Å²) in [6, 6.07) is 6.93. The van der Waals surface area contributed by atoms with Crippen LogP contribution in [0.4, 0.5) is 4.79 Å². The normalized spacial score (nSPS) is 15.8. The Bertz CT molecular complexity index is 987. The maximum absolute atomic E-state index is 12.2. The van der Waals surface area contributed by atoms with Gasteiger partial charge in [0, 0.05) is 43.7 Å². The second-order valence-corrected chi connectivity index (χ2v) is 11.8. The van der Waals surface area contributed by atoms with Crippen LogP contribution < -0.4 is 5.32 Å². The largest absolute Gasteiger partial charge is 0.444 e. The summed E-state index contributed by atoms with van der Waals surface area (Å²) >= 11 is 1.67. The Labute approximate surface area is 188 Å². The lowest BCUT2D eigenvalue weighted by Crippen LogP contribution is -2.41. The van der Waals surface area contributed by atoms with Crippen LogP contribution in [0.2, 0.25) is 0 Å². The molecule has 9 heteroatoms. The van der Waals surface area contributed by atoms with Crippen LogP contribution in [0.3, 0.4) is 0 Å². The van der Waals surface area contributed by atoms with E-state index in [-0.39, 0.29) is 6.09 Å². The fourth-order valence-electron chi connectivity index (χ4n) is 3.42. The van der Waals surface area contributed by atoms with Gasteiger partial charge in [-0.15, -0.1) is 11.3 Å². The molecule has 1 aromatic carbocycles. The topological polar surface area (TPSA) is 88.6 Å². The van der Waals surface area contributed by atoms with Crippen molar-refractivity contribution in [3.63, 3.8) is 0 Å². The van der Waals surface area contributed by atoms with E-state index in [1.54, 1.807) is 28.4 Å². The van der Waals surface area contributed by atoms with Crippen molar-refractivity contribution in [3.05, 3.63) is 45.9 Å². The zero-order valence-electron chi connectivity index (χ0n) is 18.6. The first kappa shape index (κ1) is 23.7. The third kappa shape index (κ3) is 7.02. The maximum Gasteiger partial charge on any atom is 0.410 e. The van der Waals surface area contributed by atoms with Gasteiger partial charge in [-0.1, -0.05) is 12.1 Å². The number of carbonyl (C=O) groups is 1. The van der Waals surface area contributed by atoms with Crippen molar-refractivity contribution < 1.29 is 17.9 Å². The van der Waals surface area contributed by atoms with Crippen LogP contribution in [0, 0.1) is 0 Å². The van der Waals surface area contributed by atoms with E-state index in [0.717, 1.165) is 29.1 Å². The molecule has 0 saturated carbocycles. The van der Waals surface area contributed by atoms with Gasteiger partial charge in [-0.05, 0) is 51.3 Å². The van der Waals surface area contributed by atoms with Crippen LogP contribution in [0.15, 0.2) is 34.5 Å². The van der Waals surface area contributed by atoms with E-state index in [2.05, 4.69) is 10.7 Å². The highest BCUT2D eigenvalue weighted by molar-refractivity contribution is 7.90. The maximum atomic E-state index is 12.2. The van der Waals surface area contributed by atoms with Gasteiger partial charge in [-0.3, -0.25) is 0 Å². The van der Waals surface area contributed by atoms with E-state index in [9.17, 15) is 13.2 Å². The van der Waals surface area contributed by atoms with Gasteiger partial charge in [0.25, 0.3) is 0 Å². The molecule has 3 rings (SSSR count). The van der Waals surface area contributed by atoms with E-state index >= 15 is 0 Å². The summed E-state index contributed by atoms with van der Waals surface area (Å²) < 4.78 is 28.5. The molecule has 1 saturated heterocycles. The van der Waals surface area contributed by atoms with Crippen molar-refractivity contribution >= 4 is 27.3 Å². The van der Waals surface area contributed by atoms with Gasteiger partial charge in [0.15, 0.2) is 9.84 Å². The van der Waals surface area contributed by atoms with Crippen molar-refractivity contribution in [2.45, 2.75) is 63.1 Å². The first-order chi connectivity index (χ1) is 14.5. The zero-order valence-corrected chi connectivity index (χ0v) is 20.2. The summed E-state index contributed by atoms with van der Waals surface area (Å²) in [5.74, 6) is 0.376. The van der Waals surface area contributed by atoms with Crippen LogP contribution in [0.5, 0.6) is 0 Å². The Balaban J connectivity index is 1.45. The summed E-state index contributed by atoms with van der Waals surface area (Å²) in [6.07, 6.45) is 2.76. The van der Waals surface area contributed by atoms with Gasteiger partial charge in [0.2, 0.25) is 0 Å². The standard InChI is InChI=1S/C22H31N3O4S2/c1-22(2,3)29-21(26)25-11-9-17(10-12-25)20-24-18(15-30-20)14-23-13-16-5-7-19(8-6-16)31(4,27)28/h5-8,15,17,23H,9-14H2,1-4H3. The molecule has 0 atom stereocenters. The molecule has 2 heterocycles. The number of nitrogens with one attached hydrogen (secondary N) is 1. The number of hydrogen-bond donors (Lipinski definition) is 1. The highest BCUT2D eigenvalue weighted by atomic mass is 32.2. The smallest absolute Gasteiger partial charge is 0.410 e. The van der Waals surface area contributed by atoms with Gasteiger partial charge in [0.05, 0.1) is 15.6 Å². The minimum atomic E-state index is -3.17. The second-order valence-electron chi connectivity index (χ2n) is 8.94. The molecule has 1 aromatic heterocycles. The average Bonchev–Trinajstić information content (AvgIpc) is 3.15. The fourth-order valence-corrected chi connectivity index (χ4v) is 5.04. The SMILES string of the molecule is CC(C)(C)OC(=O)N1CCC(c2nc(CNCc3ccc(S(C)(=O)=O)cc3)cs2)CC1. The number of rotatable bonds is 6. The number of sulfone groups is 1. The number of carbonyl (C=O) groups excluding carboxylic acids is 1. The summed E-state index contributed by atoms with van der Waals surface area (Å²) in [6.45, 7) is 8.33. The number of likely N-dealkylation sites (tertiary alicyclic amines) is 1. The number of thiazole rings is 1. The third-order valence-corrected chi connectivity index (χ3v) is 7.24. The van der Waals surface area contributed by atoms with Gasteiger partial charge in [-0.2, -0.15) is 0 Å². The van der Waals surface area contributed by atoms with Crippen molar-refractivity contribution in [2.75, 3.05) is 19.3 Å². The molecule has 0 radical (unpaired) electrons. The lowest BCUT2D eigenvalue weighted by Gasteiger charge is -2.32. The Morgan fingerprint density at radius 2 is 1.84 bits per heavy atom. The fraction of sp³-hybridized carbons (Fsp3) is 0.545. The number of benzene rings is 1. The molecule has 1 amide bonds. The van der Waals surface area contributed by atoms with E-state index in [0.29, 0.717) is 37.0 Å². The Morgan fingerprint density at radius 3 is 2.42 bits per heavy atom. The van der Waals surface area contributed by atoms with E-state index in [4.69, 9.17) is 9.72 Å². The lowest BCUT2D eigenvalue weighted by molar-refractivity contribution is 0.0204. The second kappa shape index (κ2) is 9.67. The summed E-state index contributed by atoms with van der Waals surface area (Å²) in [4.78, 5) is 19.1. The number of ether oxygens (including phenoxy) is 1. The minimum Gasteiger partial charge on any atom is -0.444 e. The predicted molar refractivity (Wildman–Crippen MR) is 122 cm³/mol. The van der Waals surface area contributed by atoms with Gasteiger partial charge < -0.3 is 15.0 Å². The number of hydrogen-bond acceptors (Lipinski definition) is 7. The highest BCUT2D eigenvalue weighted by Gasteiger charge is 2.28. The summed E-state index contributed by atoms with van der Waals surface area (Å²) in [7, 11) is -3.17. The van der Waals surface area contributed by atoms with E-state index in [1.807, 2.05) is 32.9 Å². The molecule has 1 aliphatic rings. The molecule has 0 unspecified atom stereocenters. The number of nitrogens with zero attached hydrogens (tertiary/aromatic N) is 2. The molecule has 2 aromatic rings. The summed E-state index contributed by atoms with van der Waals surface area (Å²) in [5, 5.41) is 6.56. The number of aromatic nitrogens is 1. The van der Waals surface area contributed by atoms with Crippen LogP contribution >= 0.6 is 11.3 Å².